The third-order valence-electron chi connectivity index (χ3n) is 2.82. The van der Waals surface area contributed by atoms with Gasteiger partial charge in [0.1, 0.15) is 0 Å². The zero-order valence-corrected chi connectivity index (χ0v) is 13.5. The fourth-order valence-electron chi connectivity index (χ4n) is 1.58. The third kappa shape index (κ3) is 5.98. The molecule has 1 aromatic rings. The molecule has 5 nitrogen and oxygen atoms in total. The average molecular weight is 299 g/mol. The average Bonchev–Trinajstić information content (AvgIpc) is 2.35. The molecule has 0 radical (unpaired) electrons. The van der Waals surface area contributed by atoms with Crippen LogP contribution in [0.15, 0.2) is 23.4 Å². The molecule has 0 bridgehead atoms. The molecule has 0 saturated heterocycles. The molecule has 0 atom stereocenters. The topological polar surface area (TPSA) is 71.1 Å². The second-order valence-corrected chi connectivity index (χ2v) is 7.71. The third-order valence-corrected chi connectivity index (χ3v) is 4.20. The molecule has 0 aliphatic heterocycles. The van der Waals surface area contributed by atoms with Gasteiger partial charge < -0.3 is 5.32 Å². The summed E-state index contributed by atoms with van der Waals surface area (Å²) in [5.74, 6) is 0. The van der Waals surface area contributed by atoms with Gasteiger partial charge in [0.15, 0.2) is 5.03 Å². The van der Waals surface area contributed by atoms with E-state index in [4.69, 9.17) is 0 Å². The summed E-state index contributed by atoms with van der Waals surface area (Å²) < 4.78 is 26.7. The van der Waals surface area contributed by atoms with E-state index in [1.807, 2.05) is 6.92 Å². The molecule has 0 aliphatic carbocycles. The lowest BCUT2D eigenvalue weighted by atomic mass is 9.93. The molecule has 1 aromatic heterocycles. The Labute approximate surface area is 122 Å². The molecule has 0 spiro atoms. The molecule has 0 aromatic carbocycles. The zero-order valence-electron chi connectivity index (χ0n) is 12.7. The van der Waals surface area contributed by atoms with Crippen LogP contribution in [0.3, 0.4) is 0 Å². The molecular formula is C14H25N3O2S. The largest absolute Gasteiger partial charge is 0.313 e. The highest BCUT2D eigenvalue weighted by molar-refractivity contribution is 7.89. The van der Waals surface area contributed by atoms with Gasteiger partial charge in [-0.25, -0.2) is 18.1 Å². The molecule has 0 unspecified atom stereocenters. The summed E-state index contributed by atoms with van der Waals surface area (Å²) in [5, 5.41) is 3.24. The maximum absolute atomic E-state index is 12.1. The summed E-state index contributed by atoms with van der Waals surface area (Å²) in [6.45, 7) is 10.2. The maximum Gasteiger partial charge on any atom is 0.258 e. The molecule has 1 rings (SSSR count). The molecule has 2 N–H and O–H groups in total. The molecule has 0 saturated carbocycles. The Kier molecular flexibility index (Phi) is 6.10. The van der Waals surface area contributed by atoms with Crippen molar-refractivity contribution in [1.82, 2.24) is 15.0 Å². The Morgan fingerprint density at radius 2 is 1.95 bits per heavy atom. The zero-order chi connectivity index (χ0) is 15.2. The van der Waals surface area contributed by atoms with Crippen molar-refractivity contribution in [3.8, 4) is 0 Å². The fraction of sp³-hybridized carbons (Fsp3) is 0.643. The van der Waals surface area contributed by atoms with E-state index < -0.39 is 10.0 Å². The van der Waals surface area contributed by atoms with Crippen LogP contribution in [0.25, 0.3) is 0 Å². The van der Waals surface area contributed by atoms with E-state index in [9.17, 15) is 8.42 Å². The van der Waals surface area contributed by atoms with Crippen molar-refractivity contribution < 1.29 is 8.42 Å². The van der Waals surface area contributed by atoms with Crippen molar-refractivity contribution in [3.05, 3.63) is 23.9 Å². The Morgan fingerprint density at radius 3 is 2.45 bits per heavy atom. The van der Waals surface area contributed by atoms with Crippen molar-refractivity contribution in [1.29, 1.82) is 0 Å². The Balaban J connectivity index is 2.63. The van der Waals surface area contributed by atoms with Crippen LogP contribution < -0.4 is 10.0 Å². The SMILES string of the molecule is CCNCc1ccc(S(=O)(=O)NCCC(C)(C)C)nc1. The van der Waals surface area contributed by atoms with Crippen LogP contribution >= 0.6 is 0 Å². The number of aromatic nitrogens is 1. The number of pyridine rings is 1. The van der Waals surface area contributed by atoms with Crippen LogP contribution in [-0.4, -0.2) is 26.5 Å². The Hall–Kier alpha value is -0.980. The molecule has 0 amide bonds. The first-order chi connectivity index (χ1) is 9.24. The summed E-state index contributed by atoms with van der Waals surface area (Å²) in [6, 6.07) is 3.33. The minimum absolute atomic E-state index is 0.0756. The summed E-state index contributed by atoms with van der Waals surface area (Å²) in [6.07, 6.45) is 2.38. The second kappa shape index (κ2) is 7.15. The smallest absolute Gasteiger partial charge is 0.258 e. The van der Waals surface area contributed by atoms with Crippen molar-refractivity contribution in [2.24, 2.45) is 5.41 Å². The van der Waals surface area contributed by atoms with Crippen LogP contribution in [0.2, 0.25) is 0 Å². The number of rotatable bonds is 7. The van der Waals surface area contributed by atoms with Gasteiger partial charge in [-0.2, -0.15) is 0 Å². The second-order valence-electron chi connectivity index (χ2n) is 5.99. The molecule has 20 heavy (non-hydrogen) atoms. The lowest BCUT2D eigenvalue weighted by Gasteiger charge is -2.17. The summed E-state index contributed by atoms with van der Waals surface area (Å²) in [5.41, 5.74) is 1.08. The summed E-state index contributed by atoms with van der Waals surface area (Å²) >= 11 is 0. The van der Waals surface area contributed by atoms with Gasteiger partial charge in [0.25, 0.3) is 10.0 Å². The number of hydrogen-bond acceptors (Lipinski definition) is 4. The molecule has 6 heteroatoms. The van der Waals surface area contributed by atoms with E-state index in [1.165, 1.54) is 0 Å². The fourth-order valence-corrected chi connectivity index (χ4v) is 2.54. The minimum atomic E-state index is -3.50. The van der Waals surface area contributed by atoms with Crippen LogP contribution in [0.5, 0.6) is 0 Å². The molecule has 1 heterocycles. The molecular weight excluding hydrogens is 274 g/mol. The van der Waals surface area contributed by atoms with Crippen LogP contribution in [0.4, 0.5) is 0 Å². The van der Waals surface area contributed by atoms with E-state index in [1.54, 1.807) is 18.3 Å². The van der Waals surface area contributed by atoms with Crippen LogP contribution in [0, 0.1) is 5.41 Å². The quantitative estimate of drug-likeness (QED) is 0.807. The van der Waals surface area contributed by atoms with Crippen molar-refractivity contribution >= 4 is 10.0 Å². The number of nitrogens with zero attached hydrogens (tertiary/aromatic N) is 1. The highest BCUT2D eigenvalue weighted by atomic mass is 32.2. The van der Waals surface area contributed by atoms with E-state index in [2.05, 4.69) is 35.8 Å². The predicted molar refractivity (Wildman–Crippen MR) is 80.9 cm³/mol. The normalized spacial score (nSPS) is 12.6. The van der Waals surface area contributed by atoms with E-state index in [-0.39, 0.29) is 10.4 Å². The van der Waals surface area contributed by atoms with E-state index in [0.29, 0.717) is 13.1 Å². The van der Waals surface area contributed by atoms with Gasteiger partial charge in [-0.3, -0.25) is 0 Å². The van der Waals surface area contributed by atoms with Crippen LogP contribution in [0.1, 0.15) is 39.7 Å². The van der Waals surface area contributed by atoms with Gasteiger partial charge in [-0.15, -0.1) is 0 Å². The van der Waals surface area contributed by atoms with Gasteiger partial charge in [-0.05, 0) is 30.0 Å². The first kappa shape index (κ1) is 17.1. The molecule has 0 aliphatic rings. The van der Waals surface area contributed by atoms with Gasteiger partial charge >= 0.3 is 0 Å². The molecule has 0 fully saturated rings. The highest BCUT2D eigenvalue weighted by Crippen LogP contribution is 2.17. The predicted octanol–water partition coefficient (Wildman–Crippen LogP) is 1.91. The van der Waals surface area contributed by atoms with Crippen molar-refractivity contribution in [2.75, 3.05) is 13.1 Å². The van der Waals surface area contributed by atoms with Crippen molar-refractivity contribution in [2.45, 2.75) is 45.7 Å². The lowest BCUT2D eigenvalue weighted by molar-refractivity contribution is 0.378. The van der Waals surface area contributed by atoms with Gasteiger partial charge in [0.2, 0.25) is 0 Å². The molecule has 114 valence electrons. The van der Waals surface area contributed by atoms with Gasteiger partial charge in [-0.1, -0.05) is 33.8 Å². The first-order valence-corrected chi connectivity index (χ1v) is 8.38. The van der Waals surface area contributed by atoms with E-state index >= 15 is 0 Å². The highest BCUT2D eigenvalue weighted by Gasteiger charge is 2.17. The summed E-state index contributed by atoms with van der Waals surface area (Å²) in [7, 11) is -3.50. The summed E-state index contributed by atoms with van der Waals surface area (Å²) in [4.78, 5) is 4.03. The Bertz CT molecular complexity index is 504. The first-order valence-electron chi connectivity index (χ1n) is 6.90. The van der Waals surface area contributed by atoms with Crippen molar-refractivity contribution in [3.63, 3.8) is 0 Å². The number of hydrogen-bond donors (Lipinski definition) is 2. The minimum Gasteiger partial charge on any atom is -0.313 e. The lowest BCUT2D eigenvalue weighted by Crippen LogP contribution is -2.28. The number of sulfonamides is 1. The maximum atomic E-state index is 12.1. The van der Waals surface area contributed by atoms with Gasteiger partial charge in [0.05, 0.1) is 0 Å². The Morgan fingerprint density at radius 1 is 1.25 bits per heavy atom. The van der Waals surface area contributed by atoms with E-state index in [0.717, 1.165) is 18.5 Å². The standard InChI is InChI=1S/C14H25N3O2S/c1-5-15-10-12-6-7-13(16-11-12)20(18,19)17-9-8-14(2,3)4/h6-7,11,15,17H,5,8-10H2,1-4H3. The van der Waals surface area contributed by atoms with Gasteiger partial charge in [0, 0.05) is 19.3 Å². The monoisotopic (exact) mass is 299 g/mol. The number of nitrogens with one attached hydrogen (secondary N) is 2. The van der Waals surface area contributed by atoms with Crippen LogP contribution in [-0.2, 0) is 16.6 Å².